The number of hydrogen-bond acceptors (Lipinski definition) is 11. The van der Waals surface area contributed by atoms with Crippen LogP contribution in [0, 0.1) is 0 Å². The molecule has 4 aromatic rings. The highest BCUT2D eigenvalue weighted by Crippen LogP contribution is 2.41. The molecule has 2 N–H and O–H groups in total. The molecule has 0 saturated carbocycles. The lowest BCUT2D eigenvalue weighted by atomic mass is 9.99. The summed E-state index contributed by atoms with van der Waals surface area (Å²) in [7, 11) is 4.91. The van der Waals surface area contributed by atoms with E-state index in [1.807, 2.05) is 18.2 Å². The van der Waals surface area contributed by atoms with Gasteiger partial charge in [-0.15, -0.1) is 0 Å². The summed E-state index contributed by atoms with van der Waals surface area (Å²) < 4.78 is 19.1. The molecule has 2 aromatic carbocycles. The quantitative estimate of drug-likeness (QED) is 0.242. The summed E-state index contributed by atoms with van der Waals surface area (Å²) in [5, 5.41) is 14.6. The number of benzene rings is 2. The second-order valence-electron chi connectivity index (χ2n) is 13.0. The number of ether oxygens (including phenoxy) is 3. The van der Waals surface area contributed by atoms with E-state index in [0.29, 0.717) is 49.6 Å². The minimum atomic E-state index is -1.47. The van der Waals surface area contributed by atoms with Gasteiger partial charge in [0.25, 0.3) is 17.4 Å². The van der Waals surface area contributed by atoms with Crippen molar-refractivity contribution in [2.45, 2.75) is 31.7 Å². The van der Waals surface area contributed by atoms with Crippen LogP contribution in [-0.4, -0.2) is 106 Å². The fourth-order valence-electron chi connectivity index (χ4n) is 7.22. The number of carbonyl (C=O) groups is 4. The topological polar surface area (TPSA) is 173 Å². The molecule has 52 heavy (non-hydrogen) atoms. The van der Waals surface area contributed by atoms with E-state index >= 15 is 0 Å². The summed E-state index contributed by atoms with van der Waals surface area (Å²) in [4.78, 5) is 72.4. The Balaban J connectivity index is 1.00. The number of piperidine rings is 1. The van der Waals surface area contributed by atoms with Crippen molar-refractivity contribution in [2.24, 2.45) is 7.05 Å². The molecule has 0 spiro atoms. The maximum absolute atomic E-state index is 13.3. The number of carbonyl (C=O) groups excluding carboxylic acids is 4. The van der Waals surface area contributed by atoms with E-state index in [4.69, 9.17) is 14.2 Å². The zero-order valence-corrected chi connectivity index (χ0v) is 29.0. The summed E-state index contributed by atoms with van der Waals surface area (Å²) in [5.41, 5.74) is 2.74. The Bertz CT molecular complexity index is 2130. The summed E-state index contributed by atoms with van der Waals surface area (Å²) in [6.45, 7) is 2.24. The number of methoxy groups -OCH3 is 2. The number of rotatable bonds is 9. The third-order valence-corrected chi connectivity index (χ3v) is 9.96. The number of nitrogens with zero attached hydrogens (tertiary/aromatic N) is 5. The fourth-order valence-corrected chi connectivity index (χ4v) is 7.22. The average molecular weight is 711 g/mol. The lowest BCUT2D eigenvalue weighted by Gasteiger charge is -2.35. The van der Waals surface area contributed by atoms with Gasteiger partial charge in [0.05, 0.1) is 36.3 Å². The lowest BCUT2D eigenvalue weighted by Crippen LogP contribution is -2.53. The second-order valence-corrected chi connectivity index (χ2v) is 13.0. The Kier molecular flexibility index (Phi) is 9.38. The molecule has 2 aromatic heterocycles. The molecule has 0 aliphatic carbocycles. The van der Waals surface area contributed by atoms with Crippen LogP contribution in [0.3, 0.4) is 0 Å². The highest BCUT2D eigenvalue weighted by atomic mass is 16.5. The number of piperazine rings is 1. The van der Waals surface area contributed by atoms with Gasteiger partial charge in [0.15, 0.2) is 12.8 Å². The van der Waals surface area contributed by atoms with E-state index < -0.39 is 30.0 Å². The van der Waals surface area contributed by atoms with Gasteiger partial charge in [0, 0.05) is 70.3 Å². The first-order valence-corrected chi connectivity index (χ1v) is 16.9. The monoisotopic (exact) mass is 710 g/mol. The van der Waals surface area contributed by atoms with Crippen LogP contribution >= 0.6 is 0 Å². The van der Waals surface area contributed by atoms with Gasteiger partial charge in [-0.1, -0.05) is 6.07 Å². The van der Waals surface area contributed by atoms with Gasteiger partial charge in [-0.3, -0.25) is 44.1 Å². The lowest BCUT2D eigenvalue weighted by molar-refractivity contribution is -0.139. The summed E-state index contributed by atoms with van der Waals surface area (Å²) in [6.07, 6.45) is 3.70. The Hall–Kier alpha value is -5.80. The number of pyridine rings is 2. The van der Waals surface area contributed by atoms with E-state index in [2.05, 4.69) is 15.2 Å². The summed E-state index contributed by atoms with van der Waals surface area (Å²) in [6, 6.07) is 9.37. The molecular weight excluding hydrogens is 672 g/mol. The first-order chi connectivity index (χ1) is 25.1. The first kappa shape index (κ1) is 34.6. The van der Waals surface area contributed by atoms with Crippen LogP contribution in [0.25, 0.3) is 21.9 Å². The Morgan fingerprint density at radius 3 is 2.38 bits per heavy atom. The maximum atomic E-state index is 13.3. The highest BCUT2D eigenvalue weighted by molar-refractivity contribution is 6.06. The molecule has 3 aliphatic rings. The minimum absolute atomic E-state index is 0.0515. The van der Waals surface area contributed by atoms with Crippen molar-refractivity contribution in [1.29, 1.82) is 0 Å². The van der Waals surface area contributed by atoms with Crippen LogP contribution in [0.15, 0.2) is 59.8 Å². The van der Waals surface area contributed by atoms with Gasteiger partial charge < -0.3 is 28.8 Å². The largest absolute Gasteiger partial charge is 0.496 e. The smallest absolute Gasteiger partial charge is 0.260 e. The van der Waals surface area contributed by atoms with E-state index in [1.54, 1.807) is 56.9 Å². The molecule has 3 aliphatic heterocycles. The molecule has 2 fully saturated rings. The van der Waals surface area contributed by atoms with Gasteiger partial charge >= 0.3 is 0 Å². The van der Waals surface area contributed by atoms with Crippen molar-refractivity contribution in [3.05, 3.63) is 82.0 Å². The van der Waals surface area contributed by atoms with Gasteiger partial charge in [-0.2, -0.15) is 0 Å². The number of aryl methyl sites for hydroxylation is 1. The number of amides is 4. The van der Waals surface area contributed by atoms with Crippen molar-refractivity contribution in [3.8, 4) is 28.4 Å². The molecular formula is C37H38N6O9. The van der Waals surface area contributed by atoms with E-state index in [-0.39, 0.29) is 47.8 Å². The number of imide groups is 1. The molecule has 2 saturated heterocycles. The fraction of sp³-hybridized carbons (Fsp3) is 0.351. The third-order valence-electron chi connectivity index (χ3n) is 9.96. The Morgan fingerprint density at radius 1 is 0.962 bits per heavy atom. The highest BCUT2D eigenvalue weighted by Gasteiger charge is 2.45. The SMILES string of the molecule is COc1cc(-c2cn(C)c(=O)c3cnccc23)cc(OC)c1CN1CCN(C(=O)COc2cccc3c2C(O)N(C2CCC(=O)NC2=O)C3=O)CC1. The summed E-state index contributed by atoms with van der Waals surface area (Å²) in [5.74, 6) is -0.444. The van der Waals surface area contributed by atoms with Crippen LogP contribution < -0.4 is 25.1 Å². The predicted molar refractivity (Wildman–Crippen MR) is 187 cm³/mol. The number of fused-ring (bicyclic) bond motifs is 2. The molecule has 15 heteroatoms. The first-order valence-electron chi connectivity index (χ1n) is 16.9. The molecule has 2 atom stereocenters. The Labute approximate surface area is 298 Å². The molecule has 15 nitrogen and oxygen atoms in total. The van der Waals surface area contributed by atoms with Crippen LogP contribution in [0.4, 0.5) is 0 Å². The van der Waals surface area contributed by atoms with Crippen molar-refractivity contribution >= 4 is 34.4 Å². The molecule has 270 valence electrons. The molecule has 4 amide bonds. The average Bonchev–Trinajstić information content (AvgIpc) is 3.41. The minimum Gasteiger partial charge on any atom is -0.496 e. The van der Waals surface area contributed by atoms with Gasteiger partial charge in [-0.05, 0) is 47.7 Å². The normalized spacial score (nSPS) is 19.1. The van der Waals surface area contributed by atoms with E-state index in [1.165, 1.54) is 10.6 Å². The van der Waals surface area contributed by atoms with Gasteiger partial charge in [-0.25, -0.2) is 0 Å². The maximum Gasteiger partial charge on any atom is 0.260 e. The van der Waals surface area contributed by atoms with Crippen molar-refractivity contribution in [2.75, 3.05) is 47.0 Å². The van der Waals surface area contributed by atoms with E-state index in [9.17, 15) is 29.1 Å². The molecule has 7 rings (SSSR count). The zero-order chi connectivity index (χ0) is 36.7. The predicted octanol–water partition coefficient (Wildman–Crippen LogP) is 1.59. The standard InChI is InChI=1S/C37H38N6O9/c1-40-18-25(22-9-10-38-17-24(22)35(40)47)21-15-29(50-2)26(30(16-21)51-3)19-41-11-13-42(14-12-41)32(45)20-52-28-6-4-5-23-33(28)37(49)43(36(23)48)27-7-8-31(44)39-34(27)46/h4-6,9-10,15-18,27,37,49H,7-8,11-14,19-20H2,1-3H3,(H,39,44,46). The van der Waals surface area contributed by atoms with Crippen LogP contribution in [0.2, 0.25) is 0 Å². The summed E-state index contributed by atoms with van der Waals surface area (Å²) >= 11 is 0. The van der Waals surface area contributed by atoms with Crippen molar-refractivity contribution < 1.29 is 38.5 Å². The van der Waals surface area contributed by atoms with Crippen LogP contribution in [-0.2, 0) is 28.0 Å². The van der Waals surface area contributed by atoms with Gasteiger partial charge in [0.1, 0.15) is 23.3 Å². The third kappa shape index (κ3) is 6.22. The number of hydrogen-bond donors (Lipinski definition) is 2. The van der Waals surface area contributed by atoms with Crippen molar-refractivity contribution in [3.63, 3.8) is 0 Å². The molecule has 2 unspecified atom stereocenters. The second kappa shape index (κ2) is 14.1. The van der Waals surface area contributed by atoms with Crippen LogP contribution in [0.5, 0.6) is 17.2 Å². The number of aliphatic hydroxyl groups excluding tert-OH is 1. The van der Waals surface area contributed by atoms with E-state index in [0.717, 1.165) is 27.0 Å². The number of aromatic nitrogens is 2. The molecule has 0 bridgehead atoms. The Morgan fingerprint density at radius 2 is 1.69 bits per heavy atom. The zero-order valence-electron chi connectivity index (χ0n) is 29.0. The molecule has 0 radical (unpaired) electrons. The van der Waals surface area contributed by atoms with Crippen molar-refractivity contribution in [1.82, 2.24) is 29.6 Å². The van der Waals surface area contributed by atoms with Gasteiger partial charge in [0.2, 0.25) is 11.8 Å². The number of aliphatic hydroxyl groups is 1. The van der Waals surface area contributed by atoms with Crippen LogP contribution in [0.1, 0.15) is 40.6 Å². The number of nitrogens with one attached hydrogen (secondary N) is 1. The molecule has 5 heterocycles.